The molecule has 0 spiro atoms. The highest BCUT2D eigenvalue weighted by atomic mass is 16.5. The Balaban J connectivity index is 1.74. The Morgan fingerprint density at radius 3 is 2.67 bits per heavy atom. The third-order valence-corrected chi connectivity index (χ3v) is 3.74. The van der Waals surface area contributed by atoms with Crippen molar-refractivity contribution in [3.05, 3.63) is 71.9 Å². The summed E-state index contributed by atoms with van der Waals surface area (Å²) in [5.74, 6) is 0.961. The molecule has 1 amide bonds. The van der Waals surface area contributed by atoms with E-state index >= 15 is 0 Å². The van der Waals surface area contributed by atoms with E-state index in [-0.39, 0.29) is 17.6 Å². The average Bonchev–Trinajstić information content (AvgIpc) is 3.13. The van der Waals surface area contributed by atoms with Gasteiger partial charge in [0.25, 0.3) is 5.91 Å². The molecule has 0 aliphatic heterocycles. The molecule has 0 saturated heterocycles. The van der Waals surface area contributed by atoms with Gasteiger partial charge in [-0.05, 0) is 24.6 Å². The molecule has 0 aliphatic rings. The number of carbonyl (C=O) groups excluding carboxylic acids is 1. The standard InChI is InChI=1S/C19H18N2O3/c1-13(14-7-4-3-5-8-14)20-19(22)17-12-18(24-21-17)15-9-6-10-16(11-15)23-2/h3-13H,1-2H3,(H,20,22)/t13-/m0/s1. The summed E-state index contributed by atoms with van der Waals surface area (Å²) in [6, 6.07) is 18.7. The van der Waals surface area contributed by atoms with Crippen molar-refractivity contribution in [2.75, 3.05) is 7.11 Å². The van der Waals surface area contributed by atoms with E-state index in [0.717, 1.165) is 11.1 Å². The highest BCUT2D eigenvalue weighted by Crippen LogP contribution is 2.24. The van der Waals surface area contributed by atoms with Gasteiger partial charge in [0.05, 0.1) is 13.2 Å². The van der Waals surface area contributed by atoms with Crippen molar-refractivity contribution in [3.8, 4) is 17.1 Å². The Kier molecular flexibility index (Phi) is 4.61. The smallest absolute Gasteiger partial charge is 0.273 e. The molecule has 1 heterocycles. The van der Waals surface area contributed by atoms with Crippen LogP contribution in [0.2, 0.25) is 0 Å². The van der Waals surface area contributed by atoms with Crippen LogP contribution in [0.1, 0.15) is 29.0 Å². The van der Waals surface area contributed by atoms with E-state index in [1.165, 1.54) is 0 Å². The number of hydrogen-bond acceptors (Lipinski definition) is 4. The fourth-order valence-electron chi connectivity index (χ4n) is 2.39. The van der Waals surface area contributed by atoms with Crippen LogP contribution >= 0.6 is 0 Å². The number of methoxy groups -OCH3 is 1. The molecular weight excluding hydrogens is 304 g/mol. The zero-order valence-electron chi connectivity index (χ0n) is 13.5. The Hall–Kier alpha value is -3.08. The van der Waals surface area contributed by atoms with Crippen LogP contribution in [0.3, 0.4) is 0 Å². The molecule has 1 aromatic heterocycles. The molecule has 0 aliphatic carbocycles. The highest BCUT2D eigenvalue weighted by Gasteiger charge is 2.16. The number of nitrogens with zero attached hydrogens (tertiary/aromatic N) is 1. The van der Waals surface area contributed by atoms with Crippen LogP contribution in [0.15, 0.2) is 65.2 Å². The van der Waals surface area contributed by atoms with Gasteiger partial charge in [0.15, 0.2) is 11.5 Å². The number of rotatable bonds is 5. The molecule has 3 aromatic rings. The molecule has 0 unspecified atom stereocenters. The fraction of sp³-hybridized carbons (Fsp3) is 0.158. The molecule has 2 aromatic carbocycles. The van der Waals surface area contributed by atoms with Crippen molar-refractivity contribution in [2.24, 2.45) is 0 Å². The lowest BCUT2D eigenvalue weighted by molar-refractivity contribution is 0.0931. The third kappa shape index (κ3) is 3.46. The first-order valence-corrected chi connectivity index (χ1v) is 7.64. The zero-order valence-corrected chi connectivity index (χ0v) is 13.5. The number of aromatic nitrogens is 1. The lowest BCUT2D eigenvalue weighted by atomic mass is 10.1. The van der Waals surface area contributed by atoms with Gasteiger partial charge >= 0.3 is 0 Å². The summed E-state index contributed by atoms with van der Waals surface area (Å²) in [6.45, 7) is 1.93. The molecule has 3 rings (SSSR count). The minimum atomic E-state index is -0.274. The van der Waals surface area contributed by atoms with Gasteiger partial charge in [0.1, 0.15) is 5.75 Å². The number of benzene rings is 2. The van der Waals surface area contributed by atoms with E-state index in [0.29, 0.717) is 11.5 Å². The van der Waals surface area contributed by atoms with Gasteiger partial charge in [-0.3, -0.25) is 4.79 Å². The van der Waals surface area contributed by atoms with Gasteiger partial charge < -0.3 is 14.6 Å². The van der Waals surface area contributed by atoms with Crippen molar-refractivity contribution in [1.82, 2.24) is 10.5 Å². The zero-order chi connectivity index (χ0) is 16.9. The van der Waals surface area contributed by atoms with E-state index in [1.54, 1.807) is 13.2 Å². The van der Waals surface area contributed by atoms with Crippen LogP contribution in [0.5, 0.6) is 5.75 Å². The summed E-state index contributed by atoms with van der Waals surface area (Å²) in [6.07, 6.45) is 0. The summed E-state index contributed by atoms with van der Waals surface area (Å²) < 4.78 is 10.5. The van der Waals surface area contributed by atoms with Crippen LogP contribution in [-0.4, -0.2) is 18.2 Å². The van der Waals surface area contributed by atoms with Crippen molar-refractivity contribution < 1.29 is 14.1 Å². The first kappa shape index (κ1) is 15.8. The molecule has 0 fully saturated rings. The molecule has 1 N–H and O–H groups in total. The van der Waals surface area contributed by atoms with Crippen LogP contribution in [0.25, 0.3) is 11.3 Å². The Morgan fingerprint density at radius 2 is 1.92 bits per heavy atom. The molecule has 5 heteroatoms. The Bertz CT molecular complexity index is 827. The van der Waals surface area contributed by atoms with Crippen molar-refractivity contribution in [2.45, 2.75) is 13.0 Å². The predicted molar refractivity (Wildman–Crippen MR) is 90.8 cm³/mol. The van der Waals surface area contributed by atoms with E-state index in [4.69, 9.17) is 9.26 Å². The summed E-state index contributed by atoms with van der Waals surface area (Å²) >= 11 is 0. The third-order valence-electron chi connectivity index (χ3n) is 3.74. The predicted octanol–water partition coefficient (Wildman–Crippen LogP) is 3.84. The summed E-state index contributed by atoms with van der Waals surface area (Å²) in [4.78, 5) is 12.3. The second-order valence-electron chi connectivity index (χ2n) is 5.41. The number of ether oxygens (including phenoxy) is 1. The van der Waals surface area contributed by atoms with Crippen LogP contribution < -0.4 is 10.1 Å². The van der Waals surface area contributed by atoms with E-state index in [1.807, 2.05) is 61.5 Å². The molecule has 0 radical (unpaired) electrons. The maximum Gasteiger partial charge on any atom is 0.273 e. The average molecular weight is 322 g/mol. The SMILES string of the molecule is COc1cccc(-c2cc(C(=O)N[C@@H](C)c3ccccc3)no2)c1. The molecule has 5 nitrogen and oxygen atoms in total. The largest absolute Gasteiger partial charge is 0.497 e. The maximum absolute atomic E-state index is 12.3. The maximum atomic E-state index is 12.3. The lowest BCUT2D eigenvalue weighted by Crippen LogP contribution is -2.26. The minimum Gasteiger partial charge on any atom is -0.497 e. The molecule has 122 valence electrons. The van der Waals surface area contributed by atoms with Gasteiger partial charge in [0.2, 0.25) is 0 Å². The van der Waals surface area contributed by atoms with Gasteiger partial charge in [-0.1, -0.05) is 47.6 Å². The normalized spacial score (nSPS) is 11.8. The van der Waals surface area contributed by atoms with Gasteiger partial charge in [-0.2, -0.15) is 0 Å². The lowest BCUT2D eigenvalue weighted by Gasteiger charge is -2.12. The topological polar surface area (TPSA) is 64.4 Å². The van der Waals surface area contributed by atoms with Crippen molar-refractivity contribution >= 4 is 5.91 Å². The number of hydrogen-bond donors (Lipinski definition) is 1. The van der Waals surface area contributed by atoms with Crippen LogP contribution in [-0.2, 0) is 0 Å². The Labute approximate surface area is 140 Å². The molecule has 0 saturated carbocycles. The van der Waals surface area contributed by atoms with Gasteiger partial charge in [-0.15, -0.1) is 0 Å². The number of nitrogens with one attached hydrogen (secondary N) is 1. The molecule has 1 atom stereocenters. The fourth-order valence-corrected chi connectivity index (χ4v) is 2.39. The second kappa shape index (κ2) is 7.00. The van der Waals surface area contributed by atoms with Gasteiger partial charge in [0, 0.05) is 11.6 Å². The highest BCUT2D eigenvalue weighted by molar-refractivity contribution is 5.93. The molecule has 24 heavy (non-hydrogen) atoms. The van der Waals surface area contributed by atoms with E-state index in [2.05, 4.69) is 10.5 Å². The van der Waals surface area contributed by atoms with Crippen molar-refractivity contribution in [3.63, 3.8) is 0 Å². The number of carbonyl (C=O) groups is 1. The summed E-state index contributed by atoms with van der Waals surface area (Å²) in [5, 5.41) is 6.78. The van der Waals surface area contributed by atoms with Crippen molar-refractivity contribution in [1.29, 1.82) is 0 Å². The first-order chi connectivity index (χ1) is 11.7. The van der Waals surface area contributed by atoms with Crippen LogP contribution in [0.4, 0.5) is 0 Å². The second-order valence-corrected chi connectivity index (χ2v) is 5.41. The summed E-state index contributed by atoms with van der Waals surface area (Å²) in [7, 11) is 1.60. The molecule has 0 bridgehead atoms. The Morgan fingerprint density at radius 1 is 1.12 bits per heavy atom. The van der Waals surface area contributed by atoms with Crippen LogP contribution in [0, 0.1) is 0 Å². The molecular formula is C19H18N2O3. The number of amides is 1. The quantitative estimate of drug-likeness (QED) is 0.775. The van der Waals surface area contributed by atoms with E-state index < -0.39 is 0 Å². The monoisotopic (exact) mass is 322 g/mol. The van der Waals surface area contributed by atoms with Gasteiger partial charge in [-0.25, -0.2) is 0 Å². The summed E-state index contributed by atoms with van der Waals surface area (Å²) in [5.41, 5.74) is 2.08. The van der Waals surface area contributed by atoms with E-state index in [9.17, 15) is 4.79 Å². The first-order valence-electron chi connectivity index (χ1n) is 7.64. The minimum absolute atomic E-state index is 0.115.